The van der Waals surface area contributed by atoms with Gasteiger partial charge in [0, 0.05) is 37.6 Å². The van der Waals surface area contributed by atoms with Gasteiger partial charge in [-0.2, -0.15) is 0 Å². The highest BCUT2D eigenvalue weighted by atomic mass is 32.1. The van der Waals surface area contributed by atoms with Crippen LogP contribution >= 0.6 is 11.3 Å². The van der Waals surface area contributed by atoms with E-state index < -0.39 is 0 Å². The number of hydrogen-bond donors (Lipinski definition) is 1. The van der Waals surface area contributed by atoms with Crippen LogP contribution in [-0.4, -0.2) is 41.7 Å². The molecular formula is C14H25N3OS. The number of aromatic nitrogens is 1. The Hall–Kier alpha value is -0.490. The van der Waals surface area contributed by atoms with Gasteiger partial charge in [0.2, 0.25) is 0 Å². The molecule has 1 aliphatic heterocycles. The molecule has 5 heteroatoms. The average molecular weight is 283 g/mol. The van der Waals surface area contributed by atoms with Crippen molar-refractivity contribution in [2.45, 2.75) is 52.4 Å². The Kier molecular flexibility index (Phi) is 5.76. The first-order valence-corrected chi connectivity index (χ1v) is 8.06. The maximum absolute atomic E-state index is 5.70. The summed E-state index contributed by atoms with van der Waals surface area (Å²) in [5.74, 6) is 0. The third kappa shape index (κ3) is 4.84. The van der Waals surface area contributed by atoms with Crippen molar-refractivity contribution in [1.82, 2.24) is 15.2 Å². The summed E-state index contributed by atoms with van der Waals surface area (Å²) < 4.78 is 5.70. The Bertz CT molecular complexity index is 381. The van der Waals surface area contributed by atoms with Crippen LogP contribution in [-0.2, 0) is 17.8 Å². The maximum atomic E-state index is 5.70. The second-order valence-corrected chi connectivity index (χ2v) is 6.35. The van der Waals surface area contributed by atoms with Crippen molar-refractivity contribution in [3.05, 3.63) is 16.1 Å². The van der Waals surface area contributed by atoms with Crippen molar-refractivity contribution >= 4 is 11.3 Å². The fourth-order valence-electron chi connectivity index (χ4n) is 2.19. The summed E-state index contributed by atoms with van der Waals surface area (Å²) in [4.78, 5) is 7.15. The van der Waals surface area contributed by atoms with Crippen molar-refractivity contribution in [1.29, 1.82) is 0 Å². The minimum Gasteiger partial charge on any atom is -0.376 e. The van der Waals surface area contributed by atoms with Crippen molar-refractivity contribution in [2.75, 3.05) is 19.7 Å². The van der Waals surface area contributed by atoms with Gasteiger partial charge in [0.25, 0.3) is 0 Å². The van der Waals surface area contributed by atoms with Crippen LogP contribution in [0, 0.1) is 0 Å². The van der Waals surface area contributed by atoms with E-state index in [0.29, 0.717) is 12.1 Å². The SMILES string of the molecule is CCC1CN(Cc2csc(CNC(C)C)n2)CCO1. The van der Waals surface area contributed by atoms with Gasteiger partial charge in [0.1, 0.15) is 5.01 Å². The van der Waals surface area contributed by atoms with Gasteiger partial charge in [-0.15, -0.1) is 11.3 Å². The molecule has 1 saturated heterocycles. The van der Waals surface area contributed by atoms with E-state index in [1.165, 1.54) is 10.7 Å². The minimum absolute atomic E-state index is 0.398. The van der Waals surface area contributed by atoms with Crippen LogP contribution in [0.2, 0.25) is 0 Å². The Labute approximate surface area is 120 Å². The number of nitrogens with zero attached hydrogens (tertiary/aromatic N) is 2. The highest BCUT2D eigenvalue weighted by Gasteiger charge is 2.19. The van der Waals surface area contributed by atoms with Crippen LogP contribution in [0.15, 0.2) is 5.38 Å². The van der Waals surface area contributed by atoms with Gasteiger partial charge in [-0.1, -0.05) is 20.8 Å². The van der Waals surface area contributed by atoms with E-state index in [1.807, 2.05) is 0 Å². The monoisotopic (exact) mass is 283 g/mol. The Morgan fingerprint density at radius 2 is 2.42 bits per heavy atom. The predicted molar refractivity (Wildman–Crippen MR) is 79.4 cm³/mol. The Morgan fingerprint density at radius 1 is 1.58 bits per heavy atom. The van der Waals surface area contributed by atoms with E-state index >= 15 is 0 Å². The molecule has 108 valence electrons. The van der Waals surface area contributed by atoms with E-state index in [4.69, 9.17) is 9.72 Å². The molecule has 2 heterocycles. The Balaban J connectivity index is 1.82. The predicted octanol–water partition coefficient (Wildman–Crippen LogP) is 2.25. The topological polar surface area (TPSA) is 37.4 Å². The van der Waals surface area contributed by atoms with Crippen molar-refractivity contribution in [3.8, 4) is 0 Å². The Morgan fingerprint density at radius 3 is 3.16 bits per heavy atom. The first-order chi connectivity index (χ1) is 9.17. The lowest BCUT2D eigenvalue weighted by molar-refractivity contribution is -0.0327. The third-order valence-electron chi connectivity index (χ3n) is 3.32. The quantitative estimate of drug-likeness (QED) is 0.869. The largest absolute Gasteiger partial charge is 0.376 e. The van der Waals surface area contributed by atoms with Crippen LogP contribution < -0.4 is 5.32 Å². The first kappa shape index (κ1) is 14.9. The van der Waals surface area contributed by atoms with E-state index in [9.17, 15) is 0 Å². The lowest BCUT2D eigenvalue weighted by Gasteiger charge is -2.31. The molecule has 1 aliphatic rings. The molecule has 1 aromatic rings. The lowest BCUT2D eigenvalue weighted by Crippen LogP contribution is -2.41. The second kappa shape index (κ2) is 7.33. The number of morpholine rings is 1. The fourth-order valence-corrected chi connectivity index (χ4v) is 2.93. The summed E-state index contributed by atoms with van der Waals surface area (Å²) in [5, 5.41) is 6.78. The second-order valence-electron chi connectivity index (χ2n) is 5.40. The van der Waals surface area contributed by atoms with Gasteiger partial charge in [-0.3, -0.25) is 4.90 Å². The number of thiazole rings is 1. The number of nitrogens with one attached hydrogen (secondary N) is 1. The molecule has 1 atom stereocenters. The van der Waals surface area contributed by atoms with Gasteiger partial charge in [-0.25, -0.2) is 4.98 Å². The number of hydrogen-bond acceptors (Lipinski definition) is 5. The van der Waals surface area contributed by atoms with Crippen molar-refractivity contribution < 1.29 is 4.74 Å². The highest BCUT2D eigenvalue weighted by molar-refractivity contribution is 7.09. The minimum atomic E-state index is 0.398. The highest BCUT2D eigenvalue weighted by Crippen LogP contribution is 2.15. The molecule has 0 amide bonds. The third-order valence-corrected chi connectivity index (χ3v) is 4.22. The molecule has 2 rings (SSSR count). The summed E-state index contributed by atoms with van der Waals surface area (Å²) in [5.41, 5.74) is 1.20. The molecule has 1 aromatic heterocycles. The van der Waals surface area contributed by atoms with Gasteiger partial charge in [0.05, 0.1) is 18.4 Å². The number of ether oxygens (including phenoxy) is 1. The zero-order chi connectivity index (χ0) is 13.7. The standard InChI is InChI=1S/C14H25N3OS/c1-4-13-9-17(5-6-18-13)8-12-10-19-14(16-12)7-15-11(2)3/h10-11,13,15H,4-9H2,1-3H3. The van der Waals surface area contributed by atoms with Crippen molar-refractivity contribution in [3.63, 3.8) is 0 Å². The smallest absolute Gasteiger partial charge is 0.107 e. The van der Waals surface area contributed by atoms with E-state index in [1.54, 1.807) is 11.3 Å². The molecule has 0 saturated carbocycles. The maximum Gasteiger partial charge on any atom is 0.107 e. The summed E-state index contributed by atoms with van der Waals surface area (Å²) in [7, 11) is 0. The van der Waals surface area contributed by atoms with E-state index in [-0.39, 0.29) is 0 Å². The number of rotatable bonds is 6. The first-order valence-electron chi connectivity index (χ1n) is 7.18. The molecule has 0 aromatic carbocycles. The van der Waals surface area contributed by atoms with Crippen LogP contribution in [0.1, 0.15) is 37.9 Å². The molecular weight excluding hydrogens is 258 g/mol. The summed E-state index contributed by atoms with van der Waals surface area (Å²) in [6.07, 6.45) is 1.49. The molecule has 0 radical (unpaired) electrons. The van der Waals surface area contributed by atoms with Crippen LogP contribution in [0.25, 0.3) is 0 Å². The average Bonchev–Trinajstić information content (AvgIpc) is 2.84. The summed E-state index contributed by atoms with van der Waals surface area (Å²) in [6, 6.07) is 0.511. The summed E-state index contributed by atoms with van der Waals surface area (Å²) >= 11 is 1.76. The van der Waals surface area contributed by atoms with Crippen molar-refractivity contribution in [2.24, 2.45) is 0 Å². The molecule has 0 bridgehead atoms. The molecule has 19 heavy (non-hydrogen) atoms. The molecule has 0 spiro atoms. The fraction of sp³-hybridized carbons (Fsp3) is 0.786. The normalized spacial score (nSPS) is 21.2. The van der Waals surface area contributed by atoms with Gasteiger partial charge < -0.3 is 10.1 Å². The summed E-state index contributed by atoms with van der Waals surface area (Å²) in [6.45, 7) is 11.2. The van der Waals surface area contributed by atoms with Gasteiger partial charge in [0.15, 0.2) is 0 Å². The zero-order valence-electron chi connectivity index (χ0n) is 12.2. The van der Waals surface area contributed by atoms with E-state index in [2.05, 4.69) is 36.4 Å². The molecule has 1 N–H and O–H groups in total. The molecule has 4 nitrogen and oxygen atoms in total. The van der Waals surface area contributed by atoms with Gasteiger partial charge in [-0.05, 0) is 6.42 Å². The van der Waals surface area contributed by atoms with Crippen LogP contribution in [0.3, 0.4) is 0 Å². The lowest BCUT2D eigenvalue weighted by atomic mass is 10.2. The van der Waals surface area contributed by atoms with Gasteiger partial charge >= 0.3 is 0 Å². The van der Waals surface area contributed by atoms with E-state index in [0.717, 1.165) is 39.2 Å². The zero-order valence-corrected chi connectivity index (χ0v) is 13.0. The molecule has 0 aliphatic carbocycles. The molecule has 1 fully saturated rings. The molecule has 1 unspecified atom stereocenters. The van der Waals surface area contributed by atoms with Crippen LogP contribution in [0.5, 0.6) is 0 Å². The van der Waals surface area contributed by atoms with Crippen LogP contribution in [0.4, 0.5) is 0 Å².